The first-order chi connectivity index (χ1) is 11.0. The van der Waals surface area contributed by atoms with Crippen LogP contribution in [-0.4, -0.2) is 24.2 Å². The number of nitrogens with two attached hydrogens (primary N) is 1. The van der Waals surface area contributed by atoms with Gasteiger partial charge in [-0.05, 0) is 12.1 Å². The van der Waals surface area contributed by atoms with Crippen LogP contribution in [0.15, 0.2) is 30.5 Å². The zero-order chi connectivity index (χ0) is 16.4. The number of ether oxygens (including phenoxy) is 1. The number of rotatable bonds is 3. The highest BCUT2D eigenvalue weighted by atomic mass is 35.5. The average Bonchev–Trinajstić information content (AvgIpc) is 2.53. The van der Waals surface area contributed by atoms with Gasteiger partial charge in [-0.25, -0.2) is 13.8 Å². The summed E-state index contributed by atoms with van der Waals surface area (Å²) in [6.07, 6.45) is 2.82. The van der Waals surface area contributed by atoms with Crippen molar-refractivity contribution in [3.05, 3.63) is 47.2 Å². The molecule has 1 aliphatic heterocycles. The highest BCUT2D eigenvalue weighted by molar-refractivity contribution is 6.29. The highest BCUT2D eigenvalue weighted by Crippen LogP contribution is 2.29. The van der Waals surface area contributed by atoms with E-state index in [1.165, 1.54) is 18.3 Å². The Balaban J connectivity index is 1.63. The lowest BCUT2D eigenvalue weighted by molar-refractivity contribution is 0.163. The Bertz CT molecular complexity index is 706. The summed E-state index contributed by atoms with van der Waals surface area (Å²) in [5, 5.41) is 0.390. The van der Waals surface area contributed by atoms with Crippen LogP contribution in [0.3, 0.4) is 0 Å². The lowest BCUT2D eigenvalue weighted by atomic mass is 10.1. The number of nitrogen functional groups attached to an aromatic ring is 1. The minimum atomic E-state index is -0.683. The van der Waals surface area contributed by atoms with Crippen LogP contribution in [0.4, 0.5) is 20.2 Å². The number of piperidine rings is 1. The molecule has 1 aromatic heterocycles. The van der Waals surface area contributed by atoms with Crippen LogP contribution < -0.4 is 15.4 Å². The predicted octanol–water partition coefficient (Wildman–Crippen LogP) is 3.64. The molecule has 122 valence electrons. The quantitative estimate of drug-likeness (QED) is 0.867. The summed E-state index contributed by atoms with van der Waals surface area (Å²) in [6, 6.07) is 5.06. The maximum atomic E-state index is 13.6. The van der Waals surface area contributed by atoms with Crippen LogP contribution in [-0.2, 0) is 0 Å². The third-order valence-corrected chi connectivity index (χ3v) is 4.06. The van der Waals surface area contributed by atoms with Crippen molar-refractivity contribution in [2.24, 2.45) is 0 Å². The molecule has 23 heavy (non-hydrogen) atoms. The number of anilines is 2. The monoisotopic (exact) mass is 339 g/mol. The third-order valence-electron chi connectivity index (χ3n) is 3.85. The maximum Gasteiger partial charge on any atom is 0.167 e. The number of hydrogen-bond acceptors (Lipinski definition) is 4. The Morgan fingerprint density at radius 3 is 2.65 bits per heavy atom. The zero-order valence-corrected chi connectivity index (χ0v) is 13.1. The smallest absolute Gasteiger partial charge is 0.167 e. The summed E-state index contributed by atoms with van der Waals surface area (Å²) in [6.45, 7) is 1.41. The molecule has 0 atom stereocenters. The molecule has 1 aliphatic rings. The summed E-state index contributed by atoms with van der Waals surface area (Å²) in [7, 11) is 0. The van der Waals surface area contributed by atoms with E-state index in [1.807, 2.05) is 0 Å². The van der Waals surface area contributed by atoms with E-state index in [0.29, 0.717) is 36.8 Å². The summed E-state index contributed by atoms with van der Waals surface area (Å²) in [5.41, 5.74) is 7.35. The Hall–Kier alpha value is -2.08. The van der Waals surface area contributed by atoms with Gasteiger partial charge < -0.3 is 15.4 Å². The molecular weight excluding hydrogens is 324 g/mol. The van der Waals surface area contributed by atoms with Crippen LogP contribution in [0.5, 0.6) is 5.75 Å². The van der Waals surface area contributed by atoms with Crippen LogP contribution in [0.25, 0.3) is 0 Å². The van der Waals surface area contributed by atoms with Crippen molar-refractivity contribution in [2.75, 3.05) is 23.7 Å². The van der Waals surface area contributed by atoms with Gasteiger partial charge in [0.1, 0.15) is 17.1 Å². The Labute approximate surface area is 137 Å². The van der Waals surface area contributed by atoms with Gasteiger partial charge in [0, 0.05) is 38.1 Å². The van der Waals surface area contributed by atoms with Gasteiger partial charge in [0.15, 0.2) is 11.6 Å². The van der Waals surface area contributed by atoms with Crippen LogP contribution in [0.1, 0.15) is 12.8 Å². The standard InChI is InChI=1S/C16H16ClF2N3O/c17-16-8-14(13(20)9-21-16)22-5-3-11(4-6-22)23-15-2-1-10(18)7-12(15)19/h1-2,7-9,11H,3-6,20H2. The van der Waals surface area contributed by atoms with Crippen molar-refractivity contribution in [3.8, 4) is 5.75 Å². The molecule has 0 spiro atoms. The van der Waals surface area contributed by atoms with Crippen molar-refractivity contribution < 1.29 is 13.5 Å². The maximum absolute atomic E-state index is 13.6. The van der Waals surface area contributed by atoms with Gasteiger partial charge in [0.2, 0.25) is 0 Å². The second kappa shape index (κ2) is 6.58. The topological polar surface area (TPSA) is 51.4 Å². The lowest BCUT2D eigenvalue weighted by Crippen LogP contribution is -2.38. The summed E-state index contributed by atoms with van der Waals surface area (Å²) >= 11 is 5.91. The van der Waals surface area contributed by atoms with Crippen molar-refractivity contribution >= 4 is 23.0 Å². The Morgan fingerprint density at radius 1 is 1.22 bits per heavy atom. The summed E-state index contributed by atoms with van der Waals surface area (Å²) in [5.74, 6) is -1.22. The molecule has 1 aromatic carbocycles. The molecule has 2 N–H and O–H groups in total. The Morgan fingerprint density at radius 2 is 1.96 bits per heavy atom. The van der Waals surface area contributed by atoms with Crippen molar-refractivity contribution in [2.45, 2.75) is 18.9 Å². The van der Waals surface area contributed by atoms with E-state index in [4.69, 9.17) is 22.1 Å². The Kier molecular flexibility index (Phi) is 4.52. The van der Waals surface area contributed by atoms with Gasteiger partial charge in [-0.15, -0.1) is 0 Å². The van der Waals surface area contributed by atoms with E-state index < -0.39 is 11.6 Å². The number of halogens is 3. The molecule has 2 heterocycles. The van der Waals surface area contributed by atoms with Crippen LogP contribution >= 0.6 is 11.6 Å². The molecule has 1 fully saturated rings. The first-order valence-electron chi connectivity index (χ1n) is 7.30. The number of benzene rings is 1. The number of aromatic nitrogens is 1. The SMILES string of the molecule is Nc1cnc(Cl)cc1N1CCC(Oc2ccc(F)cc2F)CC1. The van der Waals surface area contributed by atoms with Crippen LogP contribution in [0.2, 0.25) is 5.15 Å². The van der Waals surface area contributed by atoms with Crippen LogP contribution in [0, 0.1) is 11.6 Å². The molecule has 0 amide bonds. The van der Waals surface area contributed by atoms with Crippen molar-refractivity contribution in [3.63, 3.8) is 0 Å². The van der Waals surface area contributed by atoms with E-state index in [2.05, 4.69) is 9.88 Å². The van der Waals surface area contributed by atoms with E-state index in [-0.39, 0.29) is 11.9 Å². The van der Waals surface area contributed by atoms with E-state index in [0.717, 1.165) is 11.8 Å². The molecule has 0 aliphatic carbocycles. The average molecular weight is 340 g/mol. The first-order valence-corrected chi connectivity index (χ1v) is 7.68. The molecule has 0 bridgehead atoms. The minimum Gasteiger partial charge on any atom is -0.487 e. The van der Waals surface area contributed by atoms with Crippen molar-refractivity contribution in [1.29, 1.82) is 0 Å². The van der Waals surface area contributed by atoms with Gasteiger partial charge in [-0.3, -0.25) is 0 Å². The number of nitrogens with zero attached hydrogens (tertiary/aromatic N) is 2. The molecular formula is C16H16ClF2N3O. The van der Waals surface area contributed by atoms with Crippen molar-refractivity contribution in [1.82, 2.24) is 4.98 Å². The van der Waals surface area contributed by atoms with Gasteiger partial charge in [-0.1, -0.05) is 11.6 Å². The second-order valence-corrected chi connectivity index (χ2v) is 5.83. The molecule has 2 aromatic rings. The fourth-order valence-corrected chi connectivity index (χ4v) is 2.82. The van der Waals surface area contributed by atoms with Gasteiger partial charge in [-0.2, -0.15) is 0 Å². The predicted molar refractivity (Wildman–Crippen MR) is 85.9 cm³/mol. The molecule has 0 radical (unpaired) electrons. The summed E-state index contributed by atoms with van der Waals surface area (Å²) in [4.78, 5) is 6.04. The number of pyridine rings is 1. The number of hydrogen-bond donors (Lipinski definition) is 1. The molecule has 4 nitrogen and oxygen atoms in total. The van der Waals surface area contributed by atoms with Gasteiger partial charge in [0.05, 0.1) is 17.6 Å². The molecule has 3 rings (SSSR count). The largest absolute Gasteiger partial charge is 0.487 e. The summed E-state index contributed by atoms with van der Waals surface area (Å²) < 4.78 is 32.2. The van der Waals surface area contributed by atoms with E-state index >= 15 is 0 Å². The molecule has 7 heteroatoms. The molecule has 1 saturated heterocycles. The van der Waals surface area contributed by atoms with Gasteiger partial charge >= 0.3 is 0 Å². The highest BCUT2D eigenvalue weighted by Gasteiger charge is 2.23. The van der Waals surface area contributed by atoms with E-state index in [1.54, 1.807) is 6.07 Å². The van der Waals surface area contributed by atoms with E-state index in [9.17, 15) is 8.78 Å². The fraction of sp³-hybridized carbons (Fsp3) is 0.312. The third kappa shape index (κ3) is 3.64. The minimum absolute atomic E-state index is 0.0799. The lowest BCUT2D eigenvalue weighted by Gasteiger charge is -2.34. The fourth-order valence-electron chi connectivity index (χ4n) is 2.67. The molecule has 0 saturated carbocycles. The normalized spacial score (nSPS) is 15.7. The molecule has 0 unspecified atom stereocenters. The van der Waals surface area contributed by atoms with Gasteiger partial charge in [0.25, 0.3) is 0 Å². The zero-order valence-electron chi connectivity index (χ0n) is 12.3. The first kappa shape index (κ1) is 15.8. The second-order valence-electron chi connectivity index (χ2n) is 5.44.